The Morgan fingerprint density at radius 1 is 1.31 bits per heavy atom. The quantitative estimate of drug-likeness (QED) is 0.724. The Kier molecular flexibility index (Phi) is 2.35. The van der Waals surface area contributed by atoms with Gasteiger partial charge in [-0.2, -0.15) is 0 Å². The van der Waals surface area contributed by atoms with Crippen LogP contribution in [0.25, 0.3) is 0 Å². The van der Waals surface area contributed by atoms with E-state index in [2.05, 4.69) is 48.6 Å². The van der Waals surface area contributed by atoms with E-state index in [4.69, 9.17) is 0 Å². The normalized spacial score (nSPS) is 21.0. The molecule has 0 bridgehead atoms. The van der Waals surface area contributed by atoms with Gasteiger partial charge in [0, 0.05) is 18.2 Å². The molecule has 0 aliphatic carbocycles. The fourth-order valence-corrected chi connectivity index (χ4v) is 1.69. The molecule has 0 aromatic heterocycles. The van der Waals surface area contributed by atoms with Crippen LogP contribution in [0.5, 0.6) is 0 Å². The number of hydrogen-bond acceptors (Lipinski definition) is 1. The van der Waals surface area contributed by atoms with Gasteiger partial charge >= 0.3 is 0 Å². The fraction of sp³-hybridized carbons (Fsp3) is 0.333. The molecule has 13 heavy (non-hydrogen) atoms. The molecule has 0 radical (unpaired) electrons. The molecule has 1 aliphatic heterocycles. The number of nitrogens with one attached hydrogen (secondary N) is 1. The third kappa shape index (κ3) is 2.11. The van der Waals surface area contributed by atoms with Gasteiger partial charge in [0.1, 0.15) is 0 Å². The lowest BCUT2D eigenvalue weighted by atomic mass is 10.1. The van der Waals surface area contributed by atoms with E-state index in [0.717, 1.165) is 6.42 Å². The van der Waals surface area contributed by atoms with Gasteiger partial charge in [0.2, 0.25) is 0 Å². The standard InChI is InChI=1S/C12H15N/c1-10-7-8-12(13-10)9-11-5-3-2-4-6-11/h2-6,8,10,13H,7,9H2,1H3. The Hall–Kier alpha value is -1.24. The van der Waals surface area contributed by atoms with E-state index in [1.165, 1.54) is 17.7 Å². The maximum atomic E-state index is 3.46. The summed E-state index contributed by atoms with van der Waals surface area (Å²) in [5, 5.41) is 3.46. The second kappa shape index (κ2) is 3.65. The van der Waals surface area contributed by atoms with Crippen molar-refractivity contribution in [2.24, 2.45) is 0 Å². The van der Waals surface area contributed by atoms with Gasteiger partial charge in [-0.1, -0.05) is 36.4 Å². The Bertz CT molecular complexity index is 300. The van der Waals surface area contributed by atoms with Crippen LogP contribution in [0, 0.1) is 0 Å². The predicted molar refractivity (Wildman–Crippen MR) is 55.4 cm³/mol. The minimum absolute atomic E-state index is 0.624. The van der Waals surface area contributed by atoms with E-state index in [9.17, 15) is 0 Å². The Balaban J connectivity index is 2.00. The van der Waals surface area contributed by atoms with Gasteiger partial charge in [-0.15, -0.1) is 0 Å². The van der Waals surface area contributed by atoms with Crippen LogP contribution in [0.15, 0.2) is 42.1 Å². The van der Waals surface area contributed by atoms with E-state index in [1.54, 1.807) is 0 Å². The minimum atomic E-state index is 0.624. The summed E-state index contributed by atoms with van der Waals surface area (Å²) in [5.74, 6) is 0. The molecule has 0 saturated carbocycles. The van der Waals surface area contributed by atoms with Gasteiger partial charge in [0.25, 0.3) is 0 Å². The molecule has 0 saturated heterocycles. The molecule has 1 aromatic carbocycles. The minimum Gasteiger partial charge on any atom is -0.386 e. The summed E-state index contributed by atoms with van der Waals surface area (Å²) in [6, 6.07) is 11.2. The zero-order valence-corrected chi connectivity index (χ0v) is 7.96. The first-order valence-electron chi connectivity index (χ1n) is 4.84. The molecule has 1 aromatic rings. The lowest BCUT2D eigenvalue weighted by Crippen LogP contribution is -2.19. The average molecular weight is 173 g/mol. The number of rotatable bonds is 2. The highest BCUT2D eigenvalue weighted by molar-refractivity contribution is 5.23. The third-order valence-corrected chi connectivity index (χ3v) is 2.39. The SMILES string of the molecule is CC1CC=C(Cc2ccccc2)N1. The maximum absolute atomic E-state index is 3.46. The van der Waals surface area contributed by atoms with Crippen LogP contribution in [0.3, 0.4) is 0 Å². The molecule has 1 N–H and O–H groups in total. The lowest BCUT2D eigenvalue weighted by molar-refractivity contribution is 0.662. The first-order chi connectivity index (χ1) is 6.34. The maximum Gasteiger partial charge on any atom is 0.0265 e. The van der Waals surface area contributed by atoms with Crippen LogP contribution in [-0.2, 0) is 6.42 Å². The Morgan fingerprint density at radius 2 is 2.08 bits per heavy atom. The highest BCUT2D eigenvalue weighted by Crippen LogP contribution is 2.13. The number of allylic oxidation sites excluding steroid dienone is 1. The second-order valence-corrected chi connectivity index (χ2v) is 3.67. The number of hydrogen-bond donors (Lipinski definition) is 1. The van der Waals surface area contributed by atoms with Crippen LogP contribution in [-0.4, -0.2) is 6.04 Å². The van der Waals surface area contributed by atoms with Gasteiger partial charge < -0.3 is 5.32 Å². The van der Waals surface area contributed by atoms with E-state index >= 15 is 0 Å². The highest BCUT2D eigenvalue weighted by atomic mass is 14.9. The summed E-state index contributed by atoms with van der Waals surface area (Å²) in [6.45, 7) is 2.22. The summed E-state index contributed by atoms with van der Waals surface area (Å²) in [7, 11) is 0. The Morgan fingerprint density at radius 3 is 2.69 bits per heavy atom. The van der Waals surface area contributed by atoms with Crippen LogP contribution in [0.2, 0.25) is 0 Å². The summed E-state index contributed by atoms with van der Waals surface area (Å²) in [4.78, 5) is 0. The summed E-state index contributed by atoms with van der Waals surface area (Å²) in [5.41, 5.74) is 2.76. The second-order valence-electron chi connectivity index (χ2n) is 3.67. The van der Waals surface area contributed by atoms with Gasteiger partial charge in [0.15, 0.2) is 0 Å². The molecule has 2 rings (SSSR count). The smallest absolute Gasteiger partial charge is 0.0265 e. The molecule has 1 nitrogen and oxygen atoms in total. The van der Waals surface area contributed by atoms with Crippen molar-refractivity contribution in [2.75, 3.05) is 0 Å². The molecule has 1 aliphatic rings. The van der Waals surface area contributed by atoms with Crippen LogP contribution in [0.1, 0.15) is 18.9 Å². The molecule has 1 unspecified atom stereocenters. The molecule has 1 heteroatoms. The first kappa shape index (κ1) is 8.36. The van der Waals surface area contributed by atoms with Gasteiger partial charge in [-0.3, -0.25) is 0 Å². The van der Waals surface area contributed by atoms with Crippen molar-refractivity contribution in [3.8, 4) is 0 Å². The average Bonchev–Trinajstić information content (AvgIpc) is 2.53. The lowest BCUT2D eigenvalue weighted by Gasteiger charge is -2.08. The molecular weight excluding hydrogens is 158 g/mol. The van der Waals surface area contributed by atoms with Gasteiger partial charge in [0.05, 0.1) is 0 Å². The largest absolute Gasteiger partial charge is 0.386 e. The fourth-order valence-electron chi connectivity index (χ4n) is 1.69. The number of benzene rings is 1. The molecule has 0 fully saturated rings. The van der Waals surface area contributed by atoms with Crippen molar-refractivity contribution < 1.29 is 0 Å². The monoisotopic (exact) mass is 173 g/mol. The summed E-state index contributed by atoms with van der Waals surface area (Å²) < 4.78 is 0. The summed E-state index contributed by atoms with van der Waals surface area (Å²) in [6.07, 6.45) is 4.52. The molecule has 1 heterocycles. The molecular formula is C12H15N. The molecule has 0 spiro atoms. The van der Waals surface area contributed by atoms with Crippen molar-refractivity contribution in [2.45, 2.75) is 25.8 Å². The van der Waals surface area contributed by atoms with Crippen LogP contribution < -0.4 is 5.32 Å². The van der Waals surface area contributed by atoms with Crippen LogP contribution >= 0.6 is 0 Å². The van der Waals surface area contributed by atoms with Crippen molar-refractivity contribution in [1.29, 1.82) is 0 Å². The zero-order valence-electron chi connectivity index (χ0n) is 7.96. The third-order valence-electron chi connectivity index (χ3n) is 2.39. The molecule has 0 amide bonds. The van der Waals surface area contributed by atoms with E-state index in [0.29, 0.717) is 6.04 Å². The summed E-state index contributed by atoms with van der Waals surface area (Å²) >= 11 is 0. The Labute approximate surface area is 79.5 Å². The van der Waals surface area contributed by atoms with E-state index in [-0.39, 0.29) is 0 Å². The van der Waals surface area contributed by atoms with Crippen molar-refractivity contribution in [1.82, 2.24) is 5.32 Å². The van der Waals surface area contributed by atoms with E-state index < -0.39 is 0 Å². The highest BCUT2D eigenvalue weighted by Gasteiger charge is 2.10. The molecule has 68 valence electrons. The van der Waals surface area contributed by atoms with Gasteiger partial charge in [-0.25, -0.2) is 0 Å². The first-order valence-corrected chi connectivity index (χ1v) is 4.84. The predicted octanol–water partition coefficient (Wildman–Crippen LogP) is 2.49. The molecule has 1 atom stereocenters. The topological polar surface area (TPSA) is 12.0 Å². The van der Waals surface area contributed by atoms with Crippen molar-refractivity contribution in [3.63, 3.8) is 0 Å². The van der Waals surface area contributed by atoms with Crippen molar-refractivity contribution in [3.05, 3.63) is 47.7 Å². The van der Waals surface area contributed by atoms with Crippen molar-refractivity contribution >= 4 is 0 Å². The zero-order chi connectivity index (χ0) is 9.10. The van der Waals surface area contributed by atoms with E-state index in [1.807, 2.05) is 0 Å². The van der Waals surface area contributed by atoms with Crippen LogP contribution in [0.4, 0.5) is 0 Å². The van der Waals surface area contributed by atoms with Gasteiger partial charge in [-0.05, 0) is 18.9 Å².